The standard InChI is InChI=1S/C14H11BrN2O3/c1-9-7-12(5-6-13(9)17(19)20)16-14(18)10-3-2-4-11(15)8-10/h2-8H,1H3,(H,16,18). The van der Waals surface area contributed by atoms with E-state index in [2.05, 4.69) is 21.2 Å². The Morgan fingerprint density at radius 1 is 1.25 bits per heavy atom. The molecule has 0 heterocycles. The SMILES string of the molecule is Cc1cc(NC(=O)c2cccc(Br)c2)ccc1[N+](=O)[O-]. The van der Waals surface area contributed by atoms with Crippen molar-refractivity contribution >= 4 is 33.2 Å². The summed E-state index contributed by atoms with van der Waals surface area (Å²) in [6, 6.07) is 11.5. The lowest BCUT2D eigenvalue weighted by Crippen LogP contribution is -2.12. The number of carbonyl (C=O) groups is 1. The molecule has 0 saturated carbocycles. The second-order valence-electron chi connectivity index (χ2n) is 4.22. The summed E-state index contributed by atoms with van der Waals surface area (Å²) in [5, 5.41) is 13.4. The molecule has 0 spiro atoms. The summed E-state index contributed by atoms with van der Waals surface area (Å²) in [6.07, 6.45) is 0. The second kappa shape index (κ2) is 5.83. The van der Waals surface area contributed by atoms with Crippen molar-refractivity contribution in [1.82, 2.24) is 0 Å². The van der Waals surface area contributed by atoms with E-state index in [-0.39, 0.29) is 11.6 Å². The van der Waals surface area contributed by atoms with Gasteiger partial charge in [0.2, 0.25) is 0 Å². The molecule has 0 aromatic heterocycles. The molecule has 2 aromatic carbocycles. The van der Waals surface area contributed by atoms with Crippen molar-refractivity contribution in [3.8, 4) is 0 Å². The molecule has 0 unspecified atom stereocenters. The molecule has 0 atom stereocenters. The Morgan fingerprint density at radius 2 is 2.00 bits per heavy atom. The number of nitro groups is 1. The Morgan fingerprint density at radius 3 is 2.60 bits per heavy atom. The molecule has 2 aromatic rings. The van der Waals surface area contributed by atoms with Crippen molar-refractivity contribution in [2.24, 2.45) is 0 Å². The van der Waals surface area contributed by atoms with Crippen LogP contribution in [0.15, 0.2) is 46.9 Å². The summed E-state index contributed by atoms with van der Waals surface area (Å²) in [5.41, 5.74) is 1.57. The van der Waals surface area contributed by atoms with Gasteiger partial charge in [-0.1, -0.05) is 22.0 Å². The van der Waals surface area contributed by atoms with Gasteiger partial charge in [0.25, 0.3) is 11.6 Å². The largest absolute Gasteiger partial charge is 0.322 e. The second-order valence-corrected chi connectivity index (χ2v) is 5.14. The van der Waals surface area contributed by atoms with E-state index in [9.17, 15) is 14.9 Å². The molecule has 0 aliphatic carbocycles. The Hall–Kier alpha value is -2.21. The molecule has 20 heavy (non-hydrogen) atoms. The quantitative estimate of drug-likeness (QED) is 0.683. The third-order valence-electron chi connectivity index (χ3n) is 2.74. The molecule has 102 valence electrons. The number of aryl methyl sites for hydroxylation is 1. The number of anilines is 1. The molecular formula is C14H11BrN2O3. The minimum atomic E-state index is -0.449. The van der Waals surface area contributed by atoms with Crippen LogP contribution in [0.25, 0.3) is 0 Å². The molecule has 0 aliphatic rings. The zero-order valence-corrected chi connectivity index (χ0v) is 12.2. The highest BCUT2D eigenvalue weighted by Crippen LogP contribution is 2.22. The molecule has 0 aliphatic heterocycles. The molecule has 2 rings (SSSR count). The Kier molecular flexibility index (Phi) is 4.14. The Balaban J connectivity index is 2.20. The monoisotopic (exact) mass is 334 g/mol. The molecule has 1 amide bonds. The van der Waals surface area contributed by atoms with Crippen molar-refractivity contribution in [2.45, 2.75) is 6.92 Å². The predicted octanol–water partition coefficient (Wildman–Crippen LogP) is 3.92. The van der Waals surface area contributed by atoms with Crippen LogP contribution in [0, 0.1) is 17.0 Å². The fourth-order valence-corrected chi connectivity index (χ4v) is 2.17. The van der Waals surface area contributed by atoms with Crippen LogP contribution in [0.3, 0.4) is 0 Å². The van der Waals surface area contributed by atoms with Crippen molar-refractivity contribution in [3.05, 3.63) is 68.2 Å². The van der Waals surface area contributed by atoms with Crippen molar-refractivity contribution in [1.29, 1.82) is 0 Å². The van der Waals surface area contributed by atoms with Crippen LogP contribution in [0.5, 0.6) is 0 Å². The third-order valence-corrected chi connectivity index (χ3v) is 3.23. The van der Waals surface area contributed by atoms with E-state index in [0.29, 0.717) is 16.8 Å². The van der Waals surface area contributed by atoms with E-state index in [1.54, 1.807) is 31.2 Å². The van der Waals surface area contributed by atoms with Crippen LogP contribution < -0.4 is 5.32 Å². The third kappa shape index (κ3) is 3.21. The maximum atomic E-state index is 12.0. The number of nitro benzene ring substituents is 1. The van der Waals surface area contributed by atoms with Gasteiger partial charge in [-0.15, -0.1) is 0 Å². The van der Waals surface area contributed by atoms with Crippen molar-refractivity contribution in [2.75, 3.05) is 5.32 Å². The maximum Gasteiger partial charge on any atom is 0.272 e. The fraction of sp³-hybridized carbons (Fsp3) is 0.0714. The van der Waals surface area contributed by atoms with Gasteiger partial charge in [0, 0.05) is 27.4 Å². The summed E-state index contributed by atoms with van der Waals surface area (Å²) >= 11 is 3.30. The molecule has 1 N–H and O–H groups in total. The number of benzene rings is 2. The van der Waals surface area contributed by atoms with E-state index in [0.717, 1.165) is 4.47 Å². The minimum absolute atomic E-state index is 0.0328. The summed E-state index contributed by atoms with van der Waals surface area (Å²) in [4.78, 5) is 22.3. The number of nitrogens with one attached hydrogen (secondary N) is 1. The van der Waals surface area contributed by atoms with E-state index >= 15 is 0 Å². The molecule has 5 nitrogen and oxygen atoms in total. The van der Waals surface area contributed by atoms with E-state index in [1.807, 2.05) is 6.07 Å². The van der Waals surface area contributed by atoms with Crippen LogP contribution in [0.4, 0.5) is 11.4 Å². The molecule has 0 radical (unpaired) electrons. The highest BCUT2D eigenvalue weighted by Gasteiger charge is 2.12. The lowest BCUT2D eigenvalue weighted by Gasteiger charge is -2.06. The number of carbonyl (C=O) groups excluding carboxylic acids is 1. The first-order valence-electron chi connectivity index (χ1n) is 5.79. The zero-order valence-electron chi connectivity index (χ0n) is 10.6. The predicted molar refractivity (Wildman–Crippen MR) is 79.9 cm³/mol. The smallest absolute Gasteiger partial charge is 0.272 e. The van der Waals surface area contributed by atoms with Gasteiger partial charge >= 0.3 is 0 Å². The van der Waals surface area contributed by atoms with Crippen LogP contribution in [-0.4, -0.2) is 10.8 Å². The number of nitrogens with zero attached hydrogens (tertiary/aromatic N) is 1. The normalized spacial score (nSPS) is 10.1. The highest BCUT2D eigenvalue weighted by molar-refractivity contribution is 9.10. The number of rotatable bonds is 3. The van der Waals surface area contributed by atoms with E-state index in [1.165, 1.54) is 12.1 Å². The molecule has 0 fully saturated rings. The van der Waals surface area contributed by atoms with Crippen LogP contribution in [-0.2, 0) is 0 Å². The average Bonchev–Trinajstić information content (AvgIpc) is 2.38. The fourth-order valence-electron chi connectivity index (χ4n) is 1.77. The topological polar surface area (TPSA) is 72.2 Å². The van der Waals surface area contributed by atoms with Gasteiger partial charge in [0.1, 0.15) is 0 Å². The van der Waals surface area contributed by atoms with Crippen molar-refractivity contribution in [3.63, 3.8) is 0 Å². The van der Waals surface area contributed by atoms with Crippen LogP contribution in [0.1, 0.15) is 15.9 Å². The summed E-state index contributed by atoms with van der Waals surface area (Å²) in [7, 11) is 0. The molecule has 0 saturated heterocycles. The Labute approximate surface area is 123 Å². The lowest BCUT2D eigenvalue weighted by molar-refractivity contribution is -0.385. The zero-order chi connectivity index (χ0) is 14.7. The van der Waals surface area contributed by atoms with Gasteiger partial charge in [-0.05, 0) is 37.3 Å². The first-order chi connectivity index (χ1) is 9.47. The maximum absolute atomic E-state index is 12.0. The van der Waals surface area contributed by atoms with Crippen LogP contribution >= 0.6 is 15.9 Å². The summed E-state index contributed by atoms with van der Waals surface area (Å²) in [5.74, 6) is -0.264. The van der Waals surface area contributed by atoms with Gasteiger partial charge in [-0.3, -0.25) is 14.9 Å². The number of halogens is 1. The lowest BCUT2D eigenvalue weighted by atomic mass is 10.1. The minimum Gasteiger partial charge on any atom is -0.322 e. The first-order valence-corrected chi connectivity index (χ1v) is 6.58. The summed E-state index contributed by atoms with van der Waals surface area (Å²) in [6.45, 7) is 1.63. The van der Waals surface area contributed by atoms with Gasteiger partial charge in [-0.25, -0.2) is 0 Å². The summed E-state index contributed by atoms with van der Waals surface area (Å²) < 4.78 is 0.810. The van der Waals surface area contributed by atoms with Crippen molar-refractivity contribution < 1.29 is 9.72 Å². The van der Waals surface area contributed by atoms with E-state index in [4.69, 9.17) is 0 Å². The number of hydrogen-bond acceptors (Lipinski definition) is 3. The first kappa shape index (κ1) is 14.2. The van der Waals surface area contributed by atoms with Crippen LogP contribution in [0.2, 0.25) is 0 Å². The van der Waals surface area contributed by atoms with Gasteiger partial charge in [-0.2, -0.15) is 0 Å². The van der Waals surface area contributed by atoms with E-state index < -0.39 is 4.92 Å². The molecular weight excluding hydrogens is 324 g/mol. The Bertz CT molecular complexity index is 686. The average molecular weight is 335 g/mol. The molecule has 6 heteroatoms. The number of hydrogen-bond donors (Lipinski definition) is 1. The van der Waals surface area contributed by atoms with Gasteiger partial charge in [0.15, 0.2) is 0 Å². The van der Waals surface area contributed by atoms with Gasteiger partial charge < -0.3 is 5.32 Å². The highest BCUT2D eigenvalue weighted by atomic mass is 79.9. The number of amides is 1. The van der Waals surface area contributed by atoms with Gasteiger partial charge in [0.05, 0.1) is 4.92 Å². The molecule has 0 bridgehead atoms.